The number of allylic oxidation sites excluding steroid dienone is 1. The number of Topliss-reactive ketones (excluding diaryl/α,β-unsaturated/α-hetero) is 2. The zero-order valence-electron chi connectivity index (χ0n) is 15.4. The molecular formula is C24H16O3S. The second-order valence-electron chi connectivity index (χ2n) is 7.02. The number of hydrogen-bond donors (Lipinski definition) is 0. The minimum absolute atomic E-state index is 0.178. The van der Waals surface area contributed by atoms with Crippen LogP contribution in [0, 0.1) is 13.8 Å². The number of ketones is 2. The molecule has 1 aliphatic carbocycles. The molecule has 0 radical (unpaired) electrons. The zero-order chi connectivity index (χ0) is 19.4. The van der Waals surface area contributed by atoms with Gasteiger partial charge in [-0.05, 0) is 36.6 Å². The lowest BCUT2D eigenvalue weighted by Crippen LogP contribution is -2.00. The summed E-state index contributed by atoms with van der Waals surface area (Å²) in [5.74, 6) is 0.0949. The molecule has 0 spiro atoms. The second kappa shape index (κ2) is 6.14. The molecule has 3 nitrogen and oxygen atoms in total. The quantitative estimate of drug-likeness (QED) is 0.303. The summed E-state index contributed by atoms with van der Waals surface area (Å²) < 4.78 is 6.91. The predicted octanol–water partition coefficient (Wildman–Crippen LogP) is 6.24. The van der Waals surface area contributed by atoms with Crippen molar-refractivity contribution in [2.75, 3.05) is 0 Å². The Morgan fingerprint density at radius 3 is 2.11 bits per heavy atom. The van der Waals surface area contributed by atoms with Gasteiger partial charge >= 0.3 is 0 Å². The van der Waals surface area contributed by atoms with Crippen molar-refractivity contribution in [1.29, 1.82) is 0 Å². The first kappa shape index (κ1) is 16.9. The molecule has 28 heavy (non-hydrogen) atoms. The number of carbonyl (C=O) groups is 2. The van der Waals surface area contributed by atoms with Gasteiger partial charge in [0.1, 0.15) is 11.3 Å². The Bertz CT molecular complexity index is 1230. The maximum Gasteiger partial charge on any atom is 0.198 e. The number of benzene rings is 2. The van der Waals surface area contributed by atoms with Gasteiger partial charge in [0.25, 0.3) is 0 Å². The third kappa shape index (κ3) is 2.49. The maximum absolute atomic E-state index is 12.8. The van der Waals surface area contributed by atoms with Crippen LogP contribution in [0.25, 0.3) is 26.8 Å². The summed E-state index contributed by atoms with van der Waals surface area (Å²) in [5.41, 5.74) is 4.79. The third-order valence-corrected chi connectivity index (χ3v) is 6.25. The van der Waals surface area contributed by atoms with Crippen molar-refractivity contribution >= 4 is 39.3 Å². The highest BCUT2D eigenvalue weighted by Crippen LogP contribution is 2.37. The van der Waals surface area contributed by atoms with E-state index in [1.165, 1.54) is 0 Å². The molecule has 4 aromatic rings. The number of fused-ring (bicyclic) bond motifs is 2. The topological polar surface area (TPSA) is 47.3 Å². The predicted molar refractivity (Wildman–Crippen MR) is 112 cm³/mol. The molecule has 5 rings (SSSR count). The minimum atomic E-state index is -0.217. The van der Waals surface area contributed by atoms with Gasteiger partial charge in [0, 0.05) is 28.1 Å². The van der Waals surface area contributed by atoms with E-state index in [2.05, 4.69) is 12.1 Å². The fraction of sp³-hybridized carbons (Fsp3) is 0.0833. The first-order valence-electron chi connectivity index (χ1n) is 9.03. The van der Waals surface area contributed by atoms with Crippen LogP contribution in [0.15, 0.2) is 64.6 Å². The monoisotopic (exact) mass is 384 g/mol. The van der Waals surface area contributed by atoms with Gasteiger partial charge in [0.05, 0.1) is 10.3 Å². The van der Waals surface area contributed by atoms with E-state index < -0.39 is 0 Å². The van der Waals surface area contributed by atoms with Gasteiger partial charge in [-0.3, -0.25) is 9.59 Å². The molecule has 2 heterocycles. The Labute approximate surface area is 165 Å². The highest BCUT2D eigenvalue weighted by atomic mass is 32.1. The fourth-order valence-electron chi connectivity index (χ4n) is 3.71. The first-order chi connectivity index (χ1) is 13.5. The number of furan rings is 1. The van der Waals surface area contributed by atoms with Crippen molar-refractivity contribution in [1.82, 2.24) is 0 Å². The molecule has 0 aliphatic heterocycles. The van der Waals surface area contributed by atoms with Gasteiger partial charge in [0.15, 0.2) is 11.6 Å². The molecule has 2 aromatic heterocycles. The van der Waals surface area contributed by atoms with Crippen LogP contribution >= 0.6 is 11.3 Å². The van der Waals surface area contributed by atoms with E-state index in [9.17, 15) is 9.59 Å². The Morgan fingerprint density at radius 1 is 0.857 bits per heavy atom. The van der Waals surface area contributed by atoms with Crippen molar-refractivity contribution < 1.29 is 14.0 Å². The first-order valence-corrected chi connectivity index (χ1v) is 9.84. The zero-order valence-corrected chi connectivity index (χ0v) is 16.2. The van der Waals surface area contributed by atoms with E-state index in [0.717, 1.165) is 31.9 Å². The van der Waals surface area contributed by atoms with Crippen molar-refractivity contribution in [3.05, 3.63) is 88.2 Å². The maximum atomic E-state index is 12.8. The van der Waals surface area contributed by atoms with E-state index >= 15 is 0 Å². The number of aryl methyl sites for hydroxylation is 2. The van der Waals surface area contributed by atoms with Gasteiger partial charge in [-0.15, -0.1) is 11.3 Å². The molecule has 4 heteroatoms. The molecule has 136 valence electrons. The average Bonchev–Trinajstić information content (AvgIpc) is 3.32. The van der Waals surface area contributed by atoms with Crippen LogP contribution in [0.5, 0.6) is 0 Å². The average molecular weight is 384 g/mol. The molecule has 0 unspecified atom stereocenters. The van der Waals surface area contributed by atoms with Crippen LogP contribution in [-0.2, 0) is 0 Å². The van der Waals surface area contributed by atoms with E-state index in [-0.39, 0.29) is 17.1 Å². The second-order valence-corrected chi connectivity index (χ2v) is 8.10. The Kier molecular flexibility index (Phi) is 3.71. The summed E-state index contributed by atoms with van der Waals surface area (Å²) in [5, 5.41) is 0. The molecule has 0 fully saturated rings. The molecule has 0 saturated heterocycles. The number of hydrogen-bond acceptors (Lipinski definition) is 4. The van der Waals surface area contributed by atoms with Crippen molar-refractivity contribution in [2.24, 2.45) is 0 Å². The molecule has 0 atom stereocenters. The van der Waals surface area contributed by atoms with E-state index in [1.54, 1.807) is 17.4 Å². The lowest BCUT2D eigenvalue weighted by Gasteiger charge is -2.03. The molecule has 2 aromatic carbocycles. The van der Waals surface area contributed by atoms with E-state index in [4.69, 9.17) is 4.42 Å². The molecule has 1 aliphatic rings. The summed E-state index contributed by atoms with van der Waals surface area (Å²) >= 11 is 1.63. The van der Waals surface area contributed by atoms with Gasteiger partial charge in [0.2, 0.25) is 0 Å². The highest BCUT2D eigenvalue weighted by Gasteiger charge is 2.35. The van der Waals surface area contributed by atoms with Gasteiger partial charge < -0.3 is 4.42 Å². The summed E-state index contributed by atoms with van der Waals surface area (Å²) in [6.45, 7) is 3.72. The third-order valence-electron chi connectivity index (χ3n) is 5.14. The van der Waals surface area contributed by atoms with Crippen LogP contribution in [0.1, 0.15) is 37.6 Å². The Balaban J connectivity index is 1.55. The minimum Gasteiger partial charge on any atom is -0.456 e. The van der Waals surface area contributed by atoms with Crippen molar-refractivity contribution in [3.63, 3.8) is 0 Å². The summed E-state index contributed by atoms with van der Waals surface area (Å²) in [7, 11) is 0. The van der Waals surface area contributed by atoms with Crippen LogP contribution in [0.2, 0.25) is 0 Å². The SMILES string of the molecule is Cc1ccc(C)c2c1C(=O)C(=Cc1cc3sc(-c4ccccc4)cc3o1)C2=O. The summed E-state index contributed by atoms with van der Waals surface area (Å²) in [4.78, 5) is 26.8. The smallest absolute Gasteiger partial charge is 0.198 e. The largest absolute Gasteiger partial charge is 0.456 e. The molecule has 0 saturated carbocycles. The van der Waals surface area contributed by atoms with Gasteiger partial charge in [-0.2, -0.15) is 0 Å². The Hall–Kier alpha value is -3.24. The van der Waals surface area contributed by atoms with E-state index in [0.29, 0.717) is 16.9 Å². The number of carbonyl (C=O) groups excluding carboxylic acids is 2. The van der Waals surface area contributed by atoms with Crippen molar-refractivity contribution in [2.45, 2.75) is 13.8 Å². The highest BCUT2D eigenvalue weighted by molar-refractivity contribution is 7.22. The fourth-order valence-corrected chi connectivity index (χ4v) is 4.75. The lowest BCUT2D eigenvalue weighted by molar-refractivity contribution is 0.0990. The van der Waals surface area contributed by atoms with E-state index in [1.807, 2.05) is 56.3 Å². The lowest BCUT2D eigenvalue weighted by atomic mass is 9.99. The normalized spacial score (nSPS) is 13.4. The van der Waals surface area contributed by atoms with Gasteiger partial charge in [-0.1, -0.05) is 42.5 Å². The van der Waals surface area contributed by atoms with Crippen LogP contribution in [0.3, 0.4) is 0 Å². The van der Waals surface area contributed by atoms with Crippen LogP contribution in [0.4, 0.5) is 0 Å². The van der Waals surface area contributed by atoms with Crippen LogP contribution in [-0.4, -0.2) is 11.6 Å². The summed E-state index contributed by atoms with van der Waals surface area (Å²) in [6.07, 6.45) is 1.58. The van der Waals surface area contributed by atoms with Crippen molar-refractivity contribution in [3.8, 4) is 10.4 Å². The number of rotatable bonds is 2. The molecular weight excluding hydrogens is 368 g/mol. The molecule has 0 bridgehead atoms. The number of thiophene rings is 1. The standard InChI is InChI=1S/C24H16O3S/c1-13-8-9-14(2)22-21(13)23(25)17(24(22)26)10-16-11-20-18(27-16)12-19(28-20)15-6-4-3-5-7-15/h3-12H,1-2H3. The van der Waals surface area contributed by atoms with Gasteiger partial charge in [-0.25, -0.2) is 0 Å². The molecule has 0 amide bonds. The Morgan fingerprint density at radius 2 is 1.50 bits per heavy atom. The van der Waals surface area contributed by atoms with Crippen LogP contribution < -0.4 is 0 Å². The summed E-state index contributed by atoms with van der Waals surface area (Å²) in [6, 6.07) is 17.8. The molecule has 0 N–H and O–H groups in total.